The number of aryl methyl sites for hydroxylation is 2. The zero-order valence-corrected chi connectivity index (χ0v) is 38.7. The van der Waals surface area contributed by atoms with Gasteiger partial charge in [0.05, 0.1) is 4.88 Å². The molecule has 0 N–H and O–H groups in total. The second-order valence-electron chi connectivity index (χ2n) is 16.6. The van der Waals surface area contributed by atoms with Gasteiger partial charge in [0.25, 0.3) is 0 Å². The molecule has 0 spiro atoms. The molecule has 0 saturated heterocycles. The Morgan fingerprint density at radius 3 is 2.04 bits per heavy atom. The van der Waals surface area contributed by atoms with Crippen molar-refractivity contribution in [2.75, 3.05) is 0 Å². The van der Waals surface area contributed by atoms with Gasteiger partial charge in [0.2, 0.25) is 0 Å². The van der Waals surface area contributed by atoms with E-state index in [0.29, 0.717) is 29.7 Å². The third-order valence-corrected chi connectivity index (χ3v) is 18.0. The topological polar surface area (TPSA) is 17.1 Å². The van der Waals surface area contributed by atoms with Crippen LogP contribution in [-0.2, 0) is 11.8 Å². The van der Waals surface area contributed by atoms with Crippen LogP contribution in [0.5, 0.6) is 0 Å². The summed E-state index contributed by atoms with van der Waals surface area (Å²) in [6.45, 7) is 24.1. The van der Waals surface area contributed by atoms with Crippen LogP contribution in [0.25, 0.3) is 50.8 Å². The number of carbonyl (C=O) groups excluding carboxylic acids is 1. The van der Waals surface area contributed by atoms with E-state index < -0.39 is 0 Å². The van der Waals surface area contributed by atoms with Gasteiger partial charge in [-0.1, -0.05) is 81.6 Å². The van der Waals surface area contributed by atoms with Crippen LogP contribution in [0.2, 0.25) is 0 Å². The van der Waals surface area contributed by atoms with Gasteiger partial charge in [0.1, 0.15) is 10.7 Å². The average Bonchev–Trinajstić information content (AvgIpc) is 3.92. The minimum Gasteiger partial charge on any atom is -0.293 e. The maximum Gasteiger partial charge on any atom is 0.175 e. The van der Waals surface area contributed by atoms with Gasteiger partial charge in [-0.15, -0.1) is 68.0 Å². The number of benzene rings is 1. The Kier molecular flexibility index (Phi) is 13.1. The maximum absolute atomic E-state index is 16.5. The van der Waals surface area contributed by atoms with Crippen molar-refractivity contribution in [2.45, 2.75) is 126 Å². The molecule has 0 saturated carbocycles. The van der Waals surface area contributed by atoms with Gasteiger partial charge in [0, 0.05) is 77.2 Å². The summed E-state index contributed by atoms with van der Waals surface area (Å²) in [7, 11) is 0. The van der Waals surface area contributed by atoms with Crippen molar-refractivity contribution in [3.05, 3.63) is 77.5 Å². The van der Waals surface area contributed by atoms with Crippen LogP contribution in [0.4, 0.5) is 4.39 Å². The Balaban J connectivity index is 1.57. The van der Waals surface area contributed by atoms with Crippen molar-refractivity contribution in [3.8, 4) is 30.6 Å². The van der Waals surface area contributed by atoms with Crippen LogP contribution in [0.15, 0.2) is 41.8 Å². The molecule has 1 unspecified atom stereocenters. The Bertz CT molecular complexity index is 2320. The van der Waals surface area contributed by atoms with Gasteiger partial charge in [0.15, 0.2) is 5.78 Å². The van der Waals surface area contributed by atoms with Crippen molar-refractivity contribution >= 4 is 94.0 Å². The highest BCUT2D eigenvalue weighted by molar-refractivity contribution is 7.28. The molecule has 1 atom stereocenters. The maximum atomic E-state index is 16.5. The minimum absolute atomic E-state index is 0.0806. The van der Waals surface area contributed by atoms with E-state index in [1.165, 1.54) is 79.9 Å². The molecular formula is C46H55FOS6. The van der Waals surface area contributed by atoms with E-state index in [-0.39, 0.29) is 21.9 Å². The summed E-state index contributed by atoms with van der Waals surface area (Å²) < 4.78 is 19.2. The molecule has 1 nitrogen and oxygen atoms in total. The highest BCUT2D eigenvalue weighted by atomic mass is 32.1. The summed E-state index contributed by atoms with van der Waals surface area (Å²) in [5.74, 6) is 1.13. The summed E-state index contributed by atoms with van der Waals surface area (Å²) in [6, 6.07) is 14.0. The zero-order valence-electron chi connectivity index (χ0n) is 33.8. The van der Waals surface area contributed by atoms with Crippen molar-refractivity contribution < 1.29 is 9.18 Å². The number of Topliss-reactive ketones (excluding diaryl/α,β-unsaturated/α-hetero) is 1. The molecule has 288 valence electrons. The Morgan fingerprint density at radius 2 is 1.43 bits per heavy atom. The van der Waals surface area contributed by atoms with Gasteiger partial charge < -0.3 is 0 Å². The summed E-state index contributed by atoms with van der Waals surface area (Å²) in [5, 5.41) is 4.69. The Labute approximate surface area is 346 Å². The van der Waals surface area contributed by atoms with Crippen LogP contribution < -0.4 is 0 Å². The molecule has 54 heavy (non-hydrogen) atoms. The summed E-state index contributed by atoms with van der Waals surface area (Å²) in [5.41, 5.74) is 2.93. The second kappa shape index (κ2) is 17.1. The van der Waals surface area contributed by atoms with E-state index in [2.05, 4.69) is 111 Å². The highest BCUT2D eigenvalue weighted by Gasteiger charge is 2.27. The number of ketones is 1. The van der Waals surface area contributed by atoms with Crippen LogP contribution >= 0.6 is 68.0 Å². The molecule has 1 aromatic carbocycles. The first kappa shape index (κ1) is 41.4. The standard InChI is InChI=1S/C46H55FOS6/c1-12-30-18-21-35(51-30)40-32-23-37(53-43(32)39(34-20-17-28(7)50-34)31-22-36(26(4)5)52-42(31)40)38-24-49-44(41(47)29(8)45(54-38)46(9,10)11)33(48)19-16-27(6)15-13-14-25(2)3/h17-18,20-27H,12-16,19H2,1-11H3. The van der Waals surface area contributed by atoms with E-state index in [1.54, 1.807) is 11.3 Å². The van der Waals surface area contributed by atoms with Crippen LogP contribution in [-0.4, -0.2) is 5.78 Å². The number of rotatable bonds is 13. The summed E-state index contributed by atoms with van der Waals surface area (Å²) >= 11 is 10.5. The SMILES string of the molecule is CCc1ccc(-c2c3cc(-c4csc(C(=O)CCC(C)CCCC(C)C)c(F)c(C)c(C(C)(C)C)s4)sc3c(-c3ccc(C)s3)c3cc(C(C)C)sc23)s1. The van der Waals surface area contributed by atoms with Crippen LogP contribution in [0.1, 0.15) is 135 Å². The van der Waals surface area contributed by atoms with Gasteiger partial charge in [-0.05, 0) is 91.8 Å². The van der Waals surface area contributed by atoms with Gasteiger partial charge >= 0.3 is 0 Å². The quantitative estimate of drug-likeness (QED) is 0.106. The lowest BCUT2D eigenvalue weighted by Crippen LogP contribution is -2.13. The van der Waals surface area contributed by atoms with Crippen molar-refractivity contribution in [2.24, 2.45) is 11.8 Å². The van der Waals surface area contributed by atoms with Crippen molar-refractivity contribution in [1.82, 2.24) is 0 Å². The molecule has 0 aliphatic rings. The highest BCUT2D eigenvalue weighted by Crippen LogP contribution is 2.54. The van der Waals surface area contributed by atoms with E-state index >= 15 is 4.39 Å². The molecule has 8 heteroatoms. The van der Waals surface area contributed by atoms with Gasteiger partial charge in [-0.2, -0.15) is 0 Å². The third kappa shape index (κ3) is 8.84. The summed E-state index contributed by atoms with van der Waals surface area (Å²) in [6.07, 6.45) is 5.67. The zero-order chi connectivity index (χ0) is 39.1. The lowest BCUT2D eigenvalue weighted by Gasteiger charge is -2.21. The normalized spacial score (nSPS) is 12.9. The molecular weight excluding hydrogens is 780 g/mol. The van der Waals surface area contributed by atoms with Gasteiger partial charge in [-0.25, -0.2) is 4.39 Å². The van der Waals surface area contributed by atoms with Gasteiger partial charge in [-0.3, -0.25) is 4.79 Å². The number of halogens is 1. The molecule has 0 aliphatic heterocycles. The predicted octanol–water partition coefficient (Wildman–Crippen LogP) is 17.7. The molecule has 0 aliphatic carbocycles. The fraction of sp³-hybridized carbons (Fsp3) is 0.457. The molecule has 6 rings (SSSR count). The Hall–Kier alpha value is -2.20. The largest absolute Gasteiger partial charge is 0.293 e. The van der Waals surface area contributed by atoms with Crippen LogP contribution in [0.3, 0.4) is 0 Å². The fourth-order valence-electron chi connectivity index (χ4n) is 7.12. The monoisotopic (exact) mass is 834 g/mol. The first-order chi connectivity index (χ1) is 25.6. The second-order valence-corrected chi connectivity index (χ2v) is 23.1. The lowest BCUT2D eigenvalue weighted by atomic mass is 9.91. The lowest BCUT2D eigenvalue weighted by molar-refractivity contribution is 0.0973. The molecule has 6 aromatic rings. The van der Waals surface area contributed by atoms with Crippen molar-refractivity contribution in [1.29, 1.82) is 0 Å². The number of hydrogen-bond acceptors (Lipinski definition) is 7. The number of fused-ring (bicyclic) bond motifs is 2. The smallest absolute Gasteiger partial charge is 0.175 e. The average molecular weight is 835 g/mol. The Morgan fingerprint density at radius 1 is 0.759 bits per heavy atom. The van der Waals surface area contributed by atoms with Crippen molar-refractivity contribution in [3.63, 3.8) is 0 Å². The molecule has 5 heterocycles. The molecule has 0 bridgehead atoms. The van der Waals surface area contributed by atoms with E-state index in [0.717, 1.165) is 33.9 Å². The van der Waals surface area contributed by atoms with E-state index in [9.17, 15) is 4.79 Å². The first-order valence-corrected chi connectivity index (χ1v) is 24.4. The number of hydrogen-bond donors (Lipinski definition) is 0. The number of thiophene rings is 4. The van der Waals surface area contributed by atoms with E-state index in [4.69, 9.17) is 0 Å². The third-order valence-electron chi connectivity index (χ3n) is 10.2. The molecule has 5 aromatic heterocycles. The first-order valence-electron chi connectivity index (χ1n) is 19.5. The predicted molar refractivity (Wildman–Crippen MR) is 246 cm³/mol. The minimum atomic E-state index is -0.357. The molecule has 0 radical (unpaired) electrons. The molecule has 0 amide bonds. The van der Waals surface area contributed by atoms with Crippen LogP contribution in [0, 0.1) is 31.5 Å². The summed E-state index contributed by atoms with van der Waals surface area (Å²) in [4.78, 5) is 24.1. The number of carbonyl (C=O) groups is 1. The fourth-order valence-corrected chi connectivity index (χ4v) is 14.0. The molecule has 0 fully saturated rings. The van der Waals surface area contributed by atoms with E-state index in [1.807, 2.05) is 52.3 Å².